The fourth-order valence-corrected chi connectivity index (χ4v) is 2.74. The number of carbonyl (C=O) groups is 2. The minimum atomic E-state index is -4.85. The van der Waals surface area contributed by atoms with Crippen LogP contribution < -0.4 is 5.32 Å². The Balaban J connectivity index is 1.75. The molecule has 0 spiro atoms. The normalized spacial score (nSPS) is 16.1. The highest BCUT2D eigenvalue weighted by molar-refractivity contribution is 6.30. The first kappa shape index (κ1) is 18.6. The maximum Gasteiger partial charge on any atom is 0.471 e. The summed E-state index contributed by atoms with van der Waals surface area (Å²) in [6, 6.07) is 7.03. The van der Waals surface area contributed by atoms with Crippen molar-refractivity contribution >= 4 is 23.4 Å². The Kier molecular flexibility index (Phi) is 6.10. The Morgan fingerprint density at radius 1 is 1.17 bits per heavy atom. The van der Waals surface area contributed by atoms with Crippen molar-refractivity contribution in [1.82, 2.24) is 10.2 Å². The van der Waals surface area contributed by atoms with E-state index in [1.807, 2.05) is 5.32 Å². The molecule has 132 valence electrons. The number of alkyl halides is 3. The highest BCUT2D eigenvalue weighted by Crippen LogP contribution is 2.19. The molecule has 4 nitrogen and oxygen atoms in total. The summed E-state index contributed by atoms with van der Waals surface area (Å²) in [5.74, 6) is -1.98. The summed E-state index contributed by atoms with van der Waals surface area (Å²) in [6.07, 6.45) is -3.43. The fourth-order valence-electron chi connectivity index (χ4n) is 2.61. The van der Waals surface area contributed by atoms with Crippen LogP contribution in [-0.2, 0) is 16.0 Å². The molecule has 1 saturated heterocycles. The highest BCUT2D eigenvalue weighted by Gasteiger charge is 2.38. The third-order valence-electron chi connectivity index (χ3n) is 4.04. The third kappa shape index (κ3) is 5.40. The van der Waals surface area contributed by atoms with Gasteiger partial charge in [-0.1, -0.05) is 23.7 Å². The molecule has 2 rings (SSSR count). The van der Waals surface area contributed by atoms with Crippen molar-refractivity contribution in [2.75, 3.05) is 19.6 Å². The summed E-state index contributed by atoms with van der Waals surface area (Å²) < 4.78 is 36.4. The predicted octanol–water partition coefficient (Wildman–Crippen LogP) is 2.80. The second-order valence-corrected chi connectivity index (χ2v) is 6.27. The Morgan fingerprint density at radius 3 is 2.29 bits per heavy atom. The molecule has 1 aromatic carbocycles. The number of rotatable bonds is 4. The Morgan fingerprint density at radius 2 is 1.75 bits per heavy atom. The summed E-state index contributed by atoms with van der Waals surface area (Å²) in [5.41, 5.74) is 0.865. The number of hydrogen-bond acceptors (Lipinski definition) is 2. The number of piperidine rings is 1. The second-order valence-electron chi connectivity index (χ2n) is 5.84. The summed E-state index contributed by atoms with van der Waals surface area (Å²) in [5, 5.41) is 2.51. The Hall–Kier alpha value is -1.76. The van der Waals surface area contributed by atoms with Gasteiger partial charge in [-0.25, -0.2) is 0 Å². The van der Waals surface area contributed by atoms with Crippen LogP contribution in [0.2, 0.25) is 5.02 Å². The van der Waals surface area contributed by atoms with Crippen molar-refractivity contribution in [3.05, 3.63) is 34.9 Å². The molecule has 1 heterocycles. The van der Waals surface area contributed by atoms with Gasteiger partial charge in [0.05, 0.1) is 6.42 Å². The monoisotopic (exact) mass is 362 g/mol. The van der Waals surface area contributed by atoms with Crippen LogP contribution in [0.4, 0.5) is 13.2 Å². The van der Waals surface area contributed by atoms with E-state index in [4.69, 9.17) is 11.6 Å². The van der Waals surface area contributed by atoms with E-state index in [1.54, 1.807) is 29.2 Å². The van der Waals surface area contributed by atoms with Crippen LogP contribution in [0.1, 0.15) is 18.4 Å². The molecule has 8 heteroatoms. The fraction of sp³-hybridized carbons (Fsp3) is 0.500. The molecular weight excluding hydrogens is 345 g/mol. The van der Waals surface area contributed by atoms with Gasteiger partial charge in [-0.05, 0) is 36.5 Å². The molecule has 0 atom stereocenters. The molecule has 0 bridgehead atoms. The van der Waals surface area contributed by atoms with E-state index in [2.05, 4.69) is 0 Å². The van der Waals surface area contributed by atoms with Crippen LogP contribution >= 0.6 is 11.6 Å². The van der Waals surface area contributed by atoms with E-state index in [0.717, 1.165) is 5.56 Å². The lowest BCUT2D eigenvalue weighted by Gasteiger charge is -2.32. The third-order valence-corrected chi connectivity index (χ3v) is 4.30. The average molecular weight is 363 g/mol. The van der Waals surface area contributed by atoms with Crippen LogP contribution in [0.3, 0.4) is 0 Å². The molecule has 0 unspecified atom stereocenters. The molecule has 0 aliphatic carbocycles. The lowest BCUT2D eigenvalue weighted by Crippen LogP contribution is -2.44. The minimum Gasteiger partial charge on any atom is -0.348 e. The van der Waals surface area contributed by atoms with Gasteiger partial charge in [-0.2, -0.15) is 13.2 Å². The van der Waals surface area contributed by atoms with Gasteiger partial charge in [0.15, 0.2) is 0 Å². The van der Waals surface area contributed by atoms with Crippen LogP contribution in [0.5, 0.6) is 0 Å². The summed E-state index contributed by atoms with van der Waals surface area (Å²) >= 11 is 5.80. The number of likely N-dealkylation sites (tertiary alicyclic amines) is 1. The first-order valence-corrected chi connectivity index (χ1v) is 8.00. The van der Waals surface area contributed by atoms with E-state index in [0.29, 0.717) is 31.0 Å². The maximum atomic E-state index is 12.2. The zero-order chi connectivity index (χ0) is 17.7. The largest absolute Gasteiger partial charge is 0.471 e. The SMILES string of the molecule is O=C(Cc1ccc(Cl)cc1)N1CCC(CNC(=O)C(F)(F)F)CC1. The van der Waals surface area contributed by atoms with Crippen molar-refractivity contribution in [3.8, 4) is 0 Å². The predicted molar refractivity (Wildman–Crippen MR) is 83.5 cm³/mol. The van der Waals surface area contributed by atoms with Gasteiger partial charge >= 0.3 is 12.1 Å². The maximum absolute atomic E-state index is 12.2. The van der Waals surface area contributed by atoms with E-state index < -0.39 is 12.1 Å². The quantitative estimate of drug-likeness (QED) is 0.895. The number of benzene rings is 1. The van der Waals surface area contributed by atoms with Gasteiger partial charge in [-0.15, -0.1) is 0 Å². The molecular formula is C16H18ClF3N2O2. The van der Waals surface area contributed by atoms with Gasteiger partial charge in [0.2, 0.25) is 5.91 Å². The number of hydrogen-bond donors (Lipinski definition) is 1. The van der Waals surface area contributed by atoms with Gasteiger partial charge in [-0.3, -0.25) is 9.59 Å². The Labute approximate surface area is 143 Å². The number of carbonyl (C=O) groups excluding carboxylic acids is 2. The zero-order valence-electron chi connectivity index (χ0n) is 12.9. The van der Waals surface area contributed by atoms with Gasteiger partial charge in [0.1, 0.15) is 0 Å². The van der Waals surface area contributed by atoms with Crippen molar-refractivity contribution in [2.24, 2.45) is 5.92 Å². The standard InChI is InChI=1S/C16H18ClF3N2O2/c17-13-3-1-11(2-4-13)9-14(23)22-7-5-12(6-8-22)10-21-15(24)16(18,19)20/h1-4,12H,5-10H2,(H,21,24). The average Bonchev–Trinajstić information content (AvgIpc) is 2.54. The van der Waals surface area contributed by atoms with Crippen molar-refractivity contribution < 1.29 is 22.8 Å². The van der Waals surface area contributed by atoms with Crippen molar-refractivity contribution in [3.63, 3.8) is 0 Å². The van der Waals surface area contributed by atoms with Crippen LogP contribution in [0, 0.1) is 5.92 Å². The molecule has 0 saturated carbocycles. The summed E-state index contributed by atoms with van der Waals surface area (Å²) in [4.78, 5) is 24.7. The van der Waals surface area contributed by atoms with E-state index in [1.165, 1.54) is 0 Å². The molecule has 1 aromatic rings. The smallest absolute Gasteiger partial charge is 0.348 e. The molecule has 0 radical (unpaired) electrons. The first-order valence-electron chi connectivity index (χ1n) is 7.63. The number of amides is 2. The Bertz CT molecular complexity index is 582. The first-order chi connectivity index (χ1) is 11.3. The molecule has 0 aromatic heterocycles. The van der Waals surface area contributed by atoms with E-state index in [9.17, 15) is 22.8 Å². The van der Waals surface area contributed by atoms with Crippen molar-refractivity contribution in [2.45, 2.75) is 25.4 Å². The van der Waals surface area contributed by atoms with E-state index >= 15 is 0 Å². The minimum absolute atomic E-state index is 0.0163. The number of halogens is 4. The summed E-state index contributed by atoms with van der Waals surface area (Å²) in [6.45, 7) is 0.954. The molecule has 1 N–H and O–H groups in total. The van der Waals surface area contributed by atoms with E-state index in [-0.39, 0.29) is 24.8 Å². The second kappa shape index (κ2) is 7.88. The van der Waals surface area contributed by atoms with Crippen LogP contribution in [0.25, 0.3) is 0 Å². The molecule has 1 aliphatic heterocycles. The van der Waals surface area contributed by atoms with Crippen LogP contribution in [-0.4, -0.2) is 42.5 Å². The number of nitrogens with zero attached hydrogens (tertiary/aromatic N) is 1. The molecule has 24 heavy (non-hydrogen) atoms. The molecule has 1 aliphatic rings. The lowest BCUT2D eigenvalue weighted by atomic mass is 9.96. The topological polar surface area (TPSA) is 49.4 Å². The van der Waals surface area contributed by atoms with Gasteiger partial charge in [0.25, 0.3) is 0 Å². The number of nitrogens with one attached hydrogen (secondary N) is 1. The van der Waals surface area contributed by atoms with Crippen LogP contribution in [0.15, 0.2) is 24.3 Å². The zero-order valence-corrected chi connectivity index (χ0v) is 13.7. The van der Waals surface area contributed by atoms with Gasteiger partial charge < -0.3 is 10.2 Å². The van der Waals surface area contributed by atoms with Gasteiger partial charge in [0, 0.05) is 24.7 Å². The molecule has 1 fully saturated rings. The molecule has 2 amide bonds. The summed E-state index contributed by atoms with van der Waals surface area (Å²) in [7, 11) is 0. The lowest BCUT2D eigenvalue weighted by molar-refractivity contribution is -0.173. The van der Waals surface area contributed by atoms with Crippen molar-refractivity contribution in [1.29, 1.82) is 0 Å². The highest BCUT2D eigenvalue weighted by atomic mass is 35.5.